The molecule has 3 nitrogen and oxygen atoms in total. The molecular formula is C14H11F2N3. The summed E-state index contributed by atoms with van der Waals surface area (Å²) < 4.78 is 27.1. The minimum Gasteiger partial charge on any atom is -0.377 e. The lowest BCUT2D eigenvalue weighted by molar-refractivity contribution is 0.508. The maximum Gasteiger partial charge on any atom is 0.183 e. The van der Waals surface area contributed by atoms with E-state index in [-0.39, 0.29) is 17.8 Å². The number of nitrogens with zero attached hydrogens (tertiary/aromatic N) is 2. The summed E-state index contributed by atoms with van der Waals surface area (Å²) in [5.74, 6) is -2.18. The fourth-order valence-electron chi connectivity index (χ4n) is 1.65. The van der Waals surface area contributed by atoms with Gasteiger partial charge in [0.1, 0.15) is 6.07 Å². The molecule has 1 aromatic heterocycles. The molecule has 0 saturated carbocycles. The number of rotatable bonds is 3. The van der Waals surface area contributed by atoms with E-state index in [4.69, 9.17) is 5.26 Å². The number of nitrogens with one attached hydrogen (secondary N) is 1. The van der Waals surface area contributed by atoms with Gasteiger partial charge in [-0.25, -0.2) is 8.78 Å². The third-order valence-electron chi connectivity index (χ3n) is 2.77. The summed E-state index contributed by atoms with van der Waals surface area (Å²) in [5, 5.41) is 11.4. The number of benzene rings is 1. The first-order valence-corrected chi connectivity index (χ1v) is 5.66. The molecule has 0 radical (unpaired) electrons. The van der Waals surface area contributed by atoms with E-state index in [0.717, 1.165) is 11.3 Å². The van der Waals surface area contributed by atoms with Crippen molar-refractivity contribution in [2.24, 2.45) is 0 Å². The van der Waals surface area contributed by atoms with Crippen LogP contribution in [0.4, 0.5) is 14.5 Å². The summed E-state index contributed by atoms with van der Waals surface area (Å²) in [6, 6.07) is 7.87. The Morgan fingerprint density at radius 1 is 1.26 bits per heavy atom. The van der Waals surface area contributed by atoms with Crippen LogP contribution in [0.25, 0.3) is 0 Å². The fraction of sp³-hybridized carbons (Fsp3) is 0.143. The summed E-state index contributed by atoms with van der Waals surface area (Å²) in [6.45, 7) is 2.18. The highest BCUT2D eigenvalue weighted by molar-refractivity contribution is 5.50. The normalized spacial score (nSPS) is 10.0. The Morgan fingerprint density at radius 2 is 2.05 bits per heavy atom. The predicted molar refractivity (Wildman–Crippen MR) is 67.4 cm³/mol. The highest BCUT2D eigenvalue weighted by atomic mass is 19.2. The Morgan fingerprint density at radius 3 is 2.74 bits per heavy atom. The molecule has 0 unspecified atom stereocenters. The number of aryl methyl sites for hydroxylation is 1. The zero-order valence-corrected chi connectivity index (χ0v) is 10.2. The van der Waals surface area contributed by atoms with Crippen LogP contribution < -0.4 is 5.32 Å². The van der Waals surface area contributed by atoms with Crippen LogP contribution in [0.3, 0.4) is 0 Å². The summed E-state index contributed by atoms with van der Waals surface area (Å²) >= 11 is 0. The van der Waals surface area contributed by atoms with Crippen LogP contribution in [-0.2, 0) is 6.54 Å². The molecule has 0 atom stereocenters. The molecule has 96 valence electrons. The molecule has 0 spiro atoms. The highest BCUT2D eigenvalue weighted by Crippen LogP contribution is 2.20. The van der Waals surface area contributed by atoms with Crippen LogP contribution in [-0.4, -0.2) is 4.98 Å². The molecule has 5 heteroatoms. The molecule has 0 amide bonds. The number of anilines is 1. The molecular weight excluding hydrogens is 248 g/mol. The predicted octanol–water partition coefficient (Wildman–Crippen LogP) is 3.15. The second-order valence-electron chi connectivity index (χ2n) is 4.02. The van der Waals surface area contributed by atoms with E-state index in [9.17, 15) is 8.78 Å². The van der Waals surface area contributed by atoms with Crippen LogP contribution in [0, 0.1) is 29.9 Å². The van der Waals surface area contributed by atoms with Gasteiger partial charge in [-0.3, -0.25) is 4.98 Å². The van der Waals surface area contributed by atoms with Gasteiger partial charge < -0.3 is 5.32 Å². The standard InChI is InChI=1S/C14H11F2N3/c1-9-3-2-6-18-12(9)8-19-11-5-4-10(7-17)13(15)14(11)16/h2-6,19H,8H2,1H3. The maximum absolute atomic E-state index is 13.6. The third kappa shape index (κ3) is 2.68. The molecule has 0 aliphatic carbocycles. The molecule has 1 N–H and O–H groups in total. The van der Waals surface area contributed by atoms with Gasteiger partial charge in [0.05, 0.1) is 23.5 Å². The van der Waals surface area contributed by atoms with Gasteiger partial charge in [0.2, 0.25) is 0 Å². The lowest BCUT2D eigenvalue weighted by Gasteiger charge is -2.09. The first kappa shape index (κ1) is 13.0. The summed E-state index contributed by atoms with van der Waals surface area (Å²) in [5.41, 5.74) is 1.43. The Balaban J connectivity index is 2.20. The molecule has 1 heterocycles. The minimum absolute atomic E-state index is 0.0153. The molecule has 0 aliphatic rings. The van der Waals surface area contributed by atoms with Gasteiger partial charge in [0, 0.05) is 6.20 Å². The van der Waals surface area contributed by atoms with E-state index < -0.39 is 11.6 Å². The highest BCUT2D eigenvalue weighted by Gasteiger charge is 2.13. The van der Waals surface area contributed by atoms with Crippen LogP contribution in [0.2, 0.25) is 0 Å². The second kappa shape index (κ2) is 5.44. The number of halogens is 2. The average molecular weight is 259 g/mol. The average Bonchev–Trinajstić information content (AvgIpc) is 2.42. The molecule has 1 aromatic carbocycles. The van der Waals surface area contributed by atoms with E-state index in [1.807, 2.05) is 13.0 Å². The Labute approximate surface area is 109 Å². The summed E-state index contributed by atoms with van der Waals surface area (Å²) in [6.07, 6.45) is 1.64. The van der Waals surface area contributed by atoms with Crippen molar-refractivity contribution in [1.82, 2.24) is 4.98 Å². The van der Waals surface area contributed by atoms with Gasteiger partial charge in [-0.1, -0.05) is 6.07 Å². The summed E-state index contributed by atoms with van der Waals surface area (Å²) in [7, 11) is 0. The number of hydrogen-bond acceptors (Lipinski definition) is 3. The number of aromatic nitrogens is 1. The topological polar surface area (TPSA) is 48.7 Å². The lowest BCUT2D eigenvalue weighted by Crippen LogP contribution is -2.06. The van der Waals surface area contributed by atoms with Crippen molar-refractivity contribution in [2.45, 2.75) is 13.5 Å². The van der Waals surface area contributed by atoms with Crippen molar-refractivity contribution >= 4 is 5.69 Å². The number of pyridine rings is 1. The molecule has 0 fully saturated rings. The van der Waals surface area contributed by atoms with Crippen LogP contribution in [0.5, 0.6) is 0 Å². The minimum atomic E-state index is -1.13. The van der Waals surface area contributed by atoms with E-state index >= 15 is 0 Å². The molecule has 0 saturated heterocycles. The SMILES string of the molecule is Cc1cccnc1CNc1ccc(C#N)c(F)c1F. The first-order chi connectivity index (χ1) is 9.13. The molecule has 2 aromatic rings. The van der Waals surface area contributed by atoms with E-state index in [1.54, 1.807) is 18.3 Å². The van der Waals surface area contributed by atoms with E-state index in [0.29, 0.717) is 0 Å². The largest absolute Gasteiger partial charge is 0.377 e. The van der Waals surface area contributed by atoms with Crippen molar-refractivity contribution in [3.8, 4) is 6.07 Å². The first-order valence-electron chi connectivity index (χ1n) is 5.66. The van der Waals surface area contributed by atoms with Crippen molar-refractivity contribution in [3.63, 3.8) is 0 Å². The zero-order chi connectivity index (χ0) is 13.8. The Bertz CT molecular complexity index is 648. The van der Waals surface area contributed by atoms with Gasteiger partial charge in [0.25, 0.3) is 0 Å². The van der Waals surface area contributed by atoms with Gasteiger partial charge >= 0.3 is 0 Å². The number of hydrogen-bond donors (Lipinski definition) is 1. The Hall–Kier alpha value is -2.48. The van der Waals surface area contributed by atoms with Crippen LogP contribution in [0.1, 0.15) is 16.8 Å². The molecule has 19 heavy (non-hydrogen) atoms. The number of nitriles is 1. The third-order valence-corrected chi connectivity index (χ3v) is 2.77. The van der Waals surface area contributed by atoms with Gasteiger partial charge in [-0.2, -0.15) is 5.26 Å². The van der Waals surface area contributed by atoms with Gasteiger partial charge in [-0.05, 0) is 30.7 Å². The monoisotopic (exact) mass is 259 g/mol. The molecule has 2 rings (SSSR count). The smallest absolute Gasteiger partial charge is 0.183 e. The van der Waals surface area contributed by atoms with Crippen LogP contribution >= 0.6 is 0 Å². The fourth-order valence-corrected chi connectivity index (χ4v) is 1.65. The van der Waals surface area contributed by atoms with Crippen molar-refractivity contribution < 1.29 is 8.78 Å². The van der Waals surface area contributed by atoms with Crippen molar-refractivity contribution in [2.75, 3.05) is 5.32 Å². The van der Waals surface area contributed by atoms with Gasteiger partial charge in [-0.15, -0.1) is 0 Å². The summed E-state index contributed by atoms with van der Waals surface area (Å²) in [4.78, 5) is 4.15. The van der Waals surface area contributed by atoms with E-state index in [1.165, 1.54) is 12.1 Å². The second-order valence-corrected chi connectivity index (χ2v) is 4.02. The Kier molecular flexibility index (Phi) is 3.71. The maximum atomic E-state index is 13.6. The molecule has 0 bridgehead atoms. The zero-order valence-electron chi connectivity index (χ0n) is 10.2. The quantitative estimate of drug-likeness (QED) is 0.921. The van der Waals surface area contributed by atoms with Gasteiger partial charge in [0.15, 0.2) is 11.6 Å². The molecule has 0 aliphatic heterocycles. The van der Waals surface area contributed by atoms with Crippen molar-refractivity contribution in [1.29, 1.82) is 5.26 Å². The van der Waals surface area contributed by atoms with E-state index in [2.05, 4.69) is 10.3 Å². The van der Waals surface area contributed by atoms with Crippen LogP contribution in [0.15, 0.2) is 30.5 Å². The lowest BCUT2D eigenvalue weighted by atomic mass is 10.2. The van der Waals surface area contributed by atoms with Crippen molar-refractivity contribution in [3.05, 3.63) is 58.9 Å².